The normalized spacial score (nSPS) is 31.0. The second-order valence-corrected chi connectivity index (χ2v) is 4.85. The van der Waals surface area contributed by atoms with Crippen LogP contribution in [-0.2, 0) is 0 Å². The lowest BCUT2D eigenvalue weighted by molar-refractivity contribution is -0.0941. The Balaban J connectivity index is 2.26. The fraction of sp³-hybridized carbons (Fsp3) is 0.571. The monoisotopic (exact) mass is 268 g/mol. The SMILES string of the molecule is COc1ccc([C@@H]2CC[C@H](O)[C@@H](O)[C@@H]2O)cc1OC. The summed E-state index contributed by atoms with van der Waals surface area (Å²) >= 11 is 0. The molecule has 1 saturated carbocycles. The van der Waals surface area contributed by atoms with Crippen molar-refractivity contribution >= 4 is 0 Å². The molecule has 0 unspecified atom stereocenters. The number of ether oxygens (including phenoxy) is 2. The van der Waals surface area contributed by atoms with Gasteiger partial charge in [-0.15, -0.1) is 0 Å². The molecule has 1 aromatic carbocycles. The van der Waals surface area contributed by atoms with Gasteiger partial charge in [0.15, 0.2) is 11.5 Å². The zero-order valence-electron chi connectivity index (χ0n) is 11.1. The topological polar surface area (TPSA) is 79.2 Å². The summed E-state index contributed by atoms with van der Waals surface area (Å²) in [4.78, 5) is 0. The van der Waals surface area contributed by atoms with Crippen molar-refractivity contribution in [2.45, 2.75) is 37.1 Å². The number of benzene rings is 1. The molecule has 2 rings (SSSR count). The molecule has 0 radical (unpaired) electrons. The molecular formula is C14H20O5. The predicted octanol–water partition coefficient (Wildman–Crippen LogP) is 0.664. The van der Waals surface area contributed by atoms with Gasteiger partial charge >= 0.3 is 0 Å². The molecule has 0 saturated heterocycles. The van der Waals surface area contributed by atoms with Crippen LogP contribution in [0.5, 0.6) is 11.5 Å². The smallest absolute Gasteiger partial charge is 0.160 e. The van der Waals surface area contributed by atoms with Gasteiger partial charge in [0.1, 0.15) is 6.10 Å². The minimum atomic E-state index is -1.10. The van der Waals surface area contributed by atoms with Crippen LogP contribution in [0.4, 0.5) is 0 Å². The van der Waals surface area contributed by atoms with Gasteiger partial charge in [-0.1, -0.05) is 6.07 Å². The molecule has 106 valence electrons. The van der Waals surface area contributed by atoms with Gasteiger partial charge < -0.3 is 24.8 Å². The average Bonchev–Trinajstić information content (AvgIpc) is 2.44. The van der Waals surface area contributed by atoms with Gasteiger partial charge in [0, 0.05) is 5.92 Å². The largest absolute Gasteiger partial charge is 0.493 e. The molecule has 0 heterocycles. The van der Waals surface area contributed by atoms with Crippen LogP contribution in [0.3, 0.4) is 0 Å². The van der Waals surface area contributed by atoms with Crippen molar-refractivity contribution in [3.63, 3.8) is 0 Å². The number of rotatable bonds is 3. The minimum Gasteiger partial charge on any atom is -0.493 e. The van der Waals surface area contributed by atoms with Crippen LogP contribution >= 0.6 is 0 Å². The van der Waals surface area contributed by atoms with Crippen LogP contribution in [0, 0.1) is 0 Å². The lowest BCUT2D eigenvalue weighted by Gasteiger charge is -2.35. The van der Waals surface area contributed by atoms with E-state index in [1.807, 2.05) is 6.07 Å². The van der Waals surface area contributed by atoms with E-state index in [1.54, 1.807) is 26.4 Å². The Hall–Kier alpha value is -1.30. The van der Waals surface area contributed by atoms with Crippen LogP contribution in [-0.4, -0.2) is 47.9 Å². The summed E-state index contributed by atoms with van der Waals surface area (Å²) in [6, 6.07) is 5.43. The van der Waals surface area contributed by atoms with Crippen molar-refractivity contribution in [1.29, 1.82) is 0 Å². The van der Waals surface area contributed by atoms with Crippen LogP contribution in [0.1, 0.15) is 24.3 Å². The van der Waals surface area contributed by atoms with Crippen molar-refractivity contribution in [2.75, 3.05) is 14.2 Å². The highest BCUT2D eigenvalue weighted by molar-refractivity contribution is 5.44. The van der Waals surface area contributed by atoms with E-state index in [2.05, 4.69) is 0 Å². The zero-order valence-corrected chi connectivity index (χ0v) is 11.1. The van der Waals surface area contributed by atoms with Gasteiger partial charge in [0.05, 0.1) is 26.4 Å². The van der Waals surface area contributed by atoms with E-state index in [9.17, 15) is 15.3 Å². The van der Waals surface area contributed by atoms with E-state index in [0.29, 0.717) is 24.3 Å². The molecule has 0 aromatic heterocycles. The lowest BCUT2D eigenvalue weighted by Crippen LogP contribution is -2.45. The summed E-state index contributed by atoms with van der Waals surface area (Å²) in [5.41, 5.74) is 0.871. The Morgan fingerprint density at radius 1 is 0.947 bits per heavy atom. The summed E-state index contributed by atoms with van der Waals surface area (Å²) in [6.07, 6.45) is -1.84. The van der Waals surface area contributed by atoms with Gasteiger partial charge in [-0.05, 0) is 30.5 Å². The number of aliphatic hydroxyl groups excluding tert-OH is 3. The van der Waals surface area contributed by atoms with E-state index >= 15 is 0 Å². The quantitative estimate of drug-likeness (QED) is 0.750. The summed E-state index contributed by atoms with van der Waals surface area (Å²) in [6.45, 7) is 0. The third-order valence-electron chi connectivity index (χ3n) is 3.77. The molecular weight excluding hydrogens is 248 g/mol. The first kappa shape index (κ1) is 14.1. The minimum absolute atomic E-state index is 0.210. The Kier molecular flexibility index (Phi) is 4.29. The van der Waals surface area contributed by atoms with E-state index in [-0.39, 0.29) is 5.92 Å². The van der Waals surface area contributed by atoms with E-state index in [1.165, 1.54) is 0 Å². The number of aliphatic hydroxyl groups is 3. The highest BCUT2D eigenvalue weighted by Crippen LogP contribution is 2.37. The summed E-state index contributed by atoms with van der Waals surface area (Å²) < 4.78 is 10.4. The van der Waals surface area contributed by atoms with Gasteiger partial charge in [0.2, 0.25) is 0 Å². The molecule has 3 N–H and O–H groups in total. The van der Waals surface area contributed by atoms with E-state index in [4.69, 9.17) is 9.47 Å². The predicted molar refractivity (Wildman–Crippen MR) is 69.5 cm³/mol. The van der Waals surface area contributed by atoms with E-state index < -0.39 is 18.3 Å². The number of hydrogen-bond donors (Lipinski definition) is 3. The average molecular weight is 268 g/mol. The van der Waals surface area contributed by atoms with Crippen LogP contribution < -0.4 is 9.47 Å². The summed E-state index contributed by atoms with van der Waals surface area (Å²) in [7, 11) is 3.12. The highest BCUT2D eigenvalue weighted by Gasteiger charge is 2.37. The Morgan fingerprint density at radius 2 is 1.63 bits per heavy atom. The molecule has 1 aromatic rings. The number of methoxy groups -OCH3 is 2. The molecule has 4 atom stereocenters. The molecule has 0 aliphatic heterocycles. The van der Waals surface area contributed by atoms with Gasteiger partial charge in [-0.25, -0.2) is 0 Å². The van der Waals surface area contributed by atoms with Crippen LogP contribution in [0.2, 0.25) is 0 Å². The fourth-order valence-corrected chi connectivity index (χ4v) is 2.60. The van der Waals surface area contributed by atoms with Crippen LogP contribution in [0.15, 0.2) is 18.2 Å². The maximum absolute atomic E-state index is 10.1. The van der Waals surface area contributed by atoms with E-state index in [0.717, 1.165) is 5.56 Å². The first-order valence-corrected chi connectivity index (χ1v) is 6.34. The third-order valence-corrected chi connectivity index (χ3v) is 3.77. The molecule has 1 aliphatic carbocycles. The molecule has 19 heavy (non-hydrogen) atoms. The van der Waals surface area contributed by atoms with Crippen molar-refractivity contribution in [2.24, 2.45) is 0 Å². The Bertz CT molecular complexity index is 434. The number of hydrogen-bond acceptors (Lipinski definition) is 5. The first-order valence-electron chi connectivity index (χ1n) is 6.34. The molecule has 5 heteroatoms. The lowest BCUT2D eigenvalue weighted by atomic mass is 9.78. The zero-order chi connectivity index (χ0) is 14.0. The molecule has 0 spiro atoms. The maximum atomic E-state index is 10.1. The van der Waals surface area contributed by atoms with Crippen LogP contribution in [0.25, 0.3) is 0 Å². The van der Waals surface area contributed by atoms with Gasteiger partial charge in [-0.2, -0.15) is 0 Å². The van der Waals surface area contributed by atoms with Crippen molar-refractivity contribution in [1.82, 2.24) is 0 Å². The molecule has 0 amide bonds. The standard InChI is InChI=1S/C14H20O5/c1-18-11-6-3-8(7-12(11)19-2)9-4-5-10(15)14(17)13(9)16/h3,6-7,9-10,13-17H,4-5H2,1-2H3/t9-,10-,13+,14+/m0/s1. The van der Waals surface area contributed by atoms with Gasteiger partial charge in [-0.3, -0.25) is 0 Å². The molecule has 1 aliphatic rings. The molecule has 0 bridgehead atoms. The van der Waals surface area contributed by atoms with Crippen molar-refractivity contribution in [3.05, 3.63) is 23.8 Å². The maximum Gasteiger partial charge on any atom is 0.160 e. The Morgan fingerprint density at radius 3 is 2.26 bits per heavy atom. The summed E-state index contributed by atoms with van der Waals surface area (Å²) in [5.74, 6) is 1.00. The summed E-state index contributed by atoms with van der Waals surface area (Å²) in [5, 5.41) is 29.4. The Labute approximate surface area is 112 Å². The van der Waals surface area contributed by atoms with Gasteiger partial charge in [0.25, 0.3) is 0 Å². The van der Waals surface area contributed by atoms with Crippen molar-refractivity contribution in [3.8, 4) is 11.5 Å². The third kappa shape index (κ3) is 2.68. The molecule has 1 fully saturated rings. The second kappa shape index (κ2) is 5.77. The fourth-order valence-electron chi connectivity index (χ4n) is 2.60. The highest BCUT2D eigenvalue weighted by atomic mass is 16.5. The first-order chi connectivity index (χ1) is 9.08. The second-order valence-electron chi connectivity index (χ2n) is 4.85. The van der Waals surface area contributed by atoms with Crippen molar-refractivity contribution < 1.29 is 24.8 Å². The molecule has 5 nitrogen and oxygen atoms in total.